The largest absolute Gasteiger partial charge is 0.487 e. The van der Waals surface area contributed by atoms with Crippen molar-refractivity contribution in [1.29, 1.82) is 0 Å². The van der Waals surface area contributed by atoms with Gasteiger partial charge in [-0.15, -0.1) is 11.3 Å². The molecule has 0 saturated carbocycles. The lowest BCUT2D eigenvalue weighted by Crippen LogP contribution is -2.12. The molecule has 4 aromatic rings. The van der Waals surface area contributed by atoms with Crippen LogP contribution in [0.5, 0.6) is 5.75 Å². The number of nitrogens with one attached hydrogen (secondary N) is 1. The van der Waals surface area contributed by atoms with E-state index < -0.39 is 0 Å². The van der Waals surface area contributed by atoms with Gasteiger partial charge in [-0.05, 0) is 44.2 Å². The molecule has 2 heterocycles. The molecule has 0 bridgehead atoms. The summed E-state index contributed by atoms with van der Waals surface area (Å²) in [7, 11) is 0. The Hall–Kier alpha value is -3.25. The van der Waals surface area contributed by atoms with Gasteiger partial charge in [0.15, 0.2) is 0 Å². The van der Waals surface area contributed by atoms with Gasteiger partial charge in [0.1, 0.15) is 12.4 Å². The third-order valence-electron chi connectivity index (χ3n) is 4.26. The number of fused-ring (bicyclic) bond motifs is 1. The number of carbonyl (C=O) groups is 1. The molecule has 4 rings (SSSR count). The summed E-state index contributed by atoms with van der Waals surface area (Å²) in [6.07, 6.45) is 0. The van der Waals surface area contributed by atoms with Crippen LogP contribution in [-0.2, 0) is 6.61 Å². The van der Waals surface area contributed by atoms with Crippen molar-refractivity contribution in [2.24, 2.45) is 0 Å². The number of amides is 1. The molecular weight excluding hydrogens is 370 g/mol. The van der Waals surface area contributed by atoms with Crippen LogP contribution in [0.15, 0.2) is 60.0 Å². The third-order valence-corrected chi connectivity index (χ3v) is 5.08. The molecule has 0 aliphatic carbocycles. The second-order valence-electron chi connectivity index (χ2n) is 6.46. The summed E-state index contributed by atoms with van der Waals surface area (Å²) < 4.78 is 5.78. The number of carbonyl (C=O) groups excluding carboxylic acids is 1. The van der Waals surface area contributed by atoms with E-state index in [1.807, 2.05) is 61.7 Å². The van der Waals surface area contributed by atoms with Crippen molar-refractivity contribution in [3.05, 3.63) is 81.9 Å². The number of rotatable bonds is 5. The second kappa shape index (κ2) is 7.78. The summed E-state index contributed by atoms with van der Waals surface area (Å²) in [5, 5.41) is 6.93. The first kappa shape index (κ1) is 18.1. The van der Waals surface area contributed by atoms with Crippen LogP contribution in [0.2, 0.25) is 0 Å². The molecular formula is C22H19N3O2S. The predicted octanol–water partition coefficient (Wildman–Crippen LogP) is 5.14. The standard InChI is InChI=1S/C22H19N3O2S/c1-14-9-10-16-5-4-8-20(21(16)23-14)25-22(26)17-6-3-7-19(11-17)27-12-18-13-28-15(2)24-18/h3-11,13H,12H2,1-2H3,(H,25,26). The number of anilines is 1. The molecule has 0 aliphatic heterocycles. The second-order valence-corrected chi connectivity index (χ2v) is 7.52. The molecule has 0 aliphatic rings. The number of hydrogen-bond acceptors (Lipinski definition) is 5. The van der Waals surface area contributed by atoms with Crippen molar-refractivity contribution < 1.29 is 9.53 Å². The molecule has 0 spiro atoms. The Balaban J connectivity index is 1.52. The Bertz CT molecular complexity index is 1150. The fourth-order valence-electron chi connectivity index (χ4n) is 2.90. The van der Waals surface area contributed by atoms with E-state index >= 15 is 0 Å². The maximum atomic E-state index is 12.8. The van der Waals surface area contributed by atoms with Crippen LogP contribution in [-0.4, -0.2) is 15.9 Å². The van der Waals surface area contributed by atoms with Gasteiger partial charge in [0.05, 0.1) is 21.9 Å². The molecule has 140 valence electrons. The van der Waals surface area contributed by atoms with E-state index in [1.54, 1.807) is 23.5 Å². The fraction of sp³-hybridized carbons (Fsp3) is 0.136. The van der Waals surface area contributed by atoms with Crippen molar-refractivity contribution in [3.63, 3.8) is 0 Å². The van der Waals surface area contributed by atoms with Gasteiger partial charge in [-0.2, -0.15) is 0 Å². The average molecular weight is 389 g/mol. The minimum absolute atomic E-state index is 0.203. The van der Waals surface area contributed by atoms with Crippen molar-refractivity contribution in [1.82, 2.24) is 9.97 Å². The Morgan fingerprint density at radius 2 is 1.93 bits per heavy atom. The first-order valence-electron chi connectivity index (χ1n) is 8.90. The Kier molecular flexibility index (Phi) is 5.04. The van der Waals surface area contributed by atoms with E-state index in [0.717, 1.165) is 27.3 Å². The topological polar surface area (TPSA) is 64.1 Å². The number of benzene rings is 2. The van der Waals surface area contributed by atoms with Crippen molar-refractivity contribution in [3.8, 4) is 5.75 Å². The molecule has 0 fully saturated rings. The van der Waals surface area contributed by atoms with E-state index in [-0.39, 0.29) is 5.91 Å². The predicted molar refractivity (Wildman–Crippen MR) is 112 cm³/mol. The van der Waals surface area contributed by atoms with E-state index in [0.29, 0.717) is 23.6 Å². The highest BCUT2D eigenvalue weighted by molar-refractivity contribution is 7.09. The number of hydrogen-bond donors (Lipinski definition) is 1. The van der Waals surface area contributed by atoms with Gasteiger partial charge >= 0.3 is 0 Å². The smallest absolute Gasteiger partial charge is 0.255 e. The van der Waals surface area contributed by atoms with Gasteiger partial charge in [-0.1, -0.05) is 24.3 Å². The lowest BCUT2D eigenvalue weighted by molar-refractivity contribution is 0.102. The zero-order chi connectivity index (χ0) is 19.5. The first-order chi connectivity index (χ1) is 13.6. The summed E-state index contributed by atoms with van der Waals surface area (Å²) in [5.74, 6) is 0.427. The van der Waals surface area contributed by atoms with E-state index in [2.05, 4.69) is 15.3 Å². The quantitative estimate of drug-likeness (QED) is 0.513. The molecule has 28 heavy (non-hydrogen) atoms. The molecule has 0 atom stereocenters. The van der Waals surface area contributed by atoms with E-state index in [1.165, 1.54) is 0 Å². The van der Waals surface area contributed by atoms with Gasteiger partial charge in [0, 0.05) is 22.0 Å². The highest BCUT2D eigenvalue weighted by Crippen LogP contribution is 2.23. The van der Waals surface area contributed by atoms with Crippen LogP contribution in [0.1, 0.15) is 26.8 Å². The number of thiazole rings is 1. The Morgan fingerprint density at radius 3 is 2.75 bits per heavy atom. The molecule has 2 aromatic carbocycles. The molecule has 5 nitrogen and oxygen atoms in total. The van der Waals surface area contributed by atoms with Gasteiger partial charge in [0.2, 0.25) is 0 Å². The number of para-hydroxylation sites is 1. The van der Waals surface area contributed by atoms with Gasteiger partial charge < -0.3 is 10.1 Å². The number of aryl methyl sites for hydroxylation is 2. The van der Waals surface area contributed by atoms with Crippen molar-refractivity contribution in [2.75, 3.05) is 5.32 Å². The van der Waals surface area contributed by atoms with Crippen LogP contribution in [0.25, 0.3) is 10.9 Å². The van der Waals surface area contributed by atoms with Crippen LogP contribution in [0.3, 0.4) is 0 Å². The monoisotopic (exact) mass is 389 g/mol. The normalized spacial score (nSPS) is 10.8. The lowest BCUT2D eigenvalue weighted by Gasteiger charge is -2.10. The molecule has 1 N–H and O–H groups in total. The summed E-state index contributed by atoms with van der Waals surface area (Å²) >= 11 is 1.59. The Labute approximate surface area is 167 Å². The molecule has 2 aromatic heterocycles. The SMILES string of the molecule is Cc1ccc2cccc(NC(=O)c3cccc(OCc4csc(C)n4)c3)c2n1. The summed E-state index contributed by atoms with van der Waals surface area (Å²) in [6.45, 7) is 4.27. The molecule has 1 amide bonds. The van der Waals surface area contributed by atoms with Crippen LogP contribution >= 0.6 is 11.3 Å². The van der Waals surface area contributed by atoms with Crippen LogP contribution < -0.4 is 10.1 Å². The Morgan fingerprint density at radius 1 is 1.07 bits per heavy atom. The number of nitrogens with zero attached hydrogens (tertiary/aromatic N) is 2. The first-order valence-corrected chi connectivity index (χ1v) is 9.78. The number of ether oxygens (including phenoxy) is 1. The lowest BCUT2D eigenvalue weighted by atomic mass is 10.1. The third kappa shape index (κ3) is 4.02. The molecule has 6 heteroatoms. The van der Waals surface area contributed by atoms with Crippen LogP contribution in [0, 0.1) is 13.8 Å². The summed E-state index contributed by atoms with van der Waals surface area (Å²) in [5.41, 5.74) is 3.78. The van der Waals surface area contributed by atoms with Crippen molar-refractivity contribution in [2.45, 2.75) is 20.5 Å². The van der Waals surface area contributed by atoms with E-state index in [4.69, 9.17) is 4.74 Å². The van der Waals surface area contributed by atoms with Gasteiger partial charge in [-0.3, -0.25) is 9.78 Å². The number of aromatic nitrogens is 2. The molecule has 0 saturated heterocycles. The van der Waals surface area contributed by atoms with Crippen LogP contribution in [0.4, 0.5) is 5.69 Å². The summed E-state index contributed by atoms with van der Waals surface area (Å²) in [4.78, 5) is 21.7. The zero-order valence-corrected chi connectivity index (χ0v) is 16.4. The molecule has 0 radical (unpaired) electrons. The average Bonchev–Trinajstić information content (AvgIpc) is 3.12. The minimum atomic E-state index is -0.203. The maximum absolute atomic E-state index is 12.8. The van der Waals surface area contributed by atoms with E-state index in [9.17, 15) is 4.79 Å². The van der Waals surface area contributed by atoms with Gasteiger partial charge in [-0.25, -0.2) is 4.98 Å². The maximum Gasteiger partial charge on any atom is 0.255 e. The zero-order valence-electron chi connectivity index (χ0n) is 15.6. The van der Waals surface area contributed by atoms with Crippen molar-refractivity contribution >= 4 is 33.8 Å². The minimum Gasteiger partial charge on any atom is -0.487 e. The fourth-order valence-corrected chi connectivity index (χ4v) is 3.50. The van der Waals surface area contributed by atoms with Gasteiger partial charge in [0.25, 0.3) is 5.91 Å². The highest BCUT2D eigenvalue weighted by atomic mass is 32.1. The highest BCUT2D eigenvalue weighted by Gasteiger charge is 2.11. The number of pyridine rings is 1. The molecule has 0 unspecified atom stereocenters. The summed E-state index contributed by atoms with van der Waals surface area (Å²) in [6, 6.07) is 16.8.